The third-order valence-corrected chi connectivity index (χ3v) is 3.42. The van der Waals surface area contributed by atoms with E-state index in [2.05, 4.69) is 39.4 Å². The van der Waals surface area contributed by atoms with Crippen LogP contribution in [-0.4, -0.2) is 60.3 Å². The van der Waals surface area contributed by atoms with Crippen LogP contribution in [0, 0.1) is 0 Å². The van der Waals surface area contributed by atoms with E-state index < -0.39 is 6.09 Å². The second-order valence-corrected chi connectivity index (χ2v) is 4.84. The molecule has 2 N–H and O–H groups in total. The number of nitrogens with one attached hydrogen (secondary N) is 1. The van der Waals surface area contributed by atoms with Gasteiger partial charge >= 0.3 is 6.09 Å². The minimum absolute atomic E-state index is 0.508. The van der Waals surface area contributed by atoms with Gasteiger partial charge in [0.1, 0.15) is 0 Å². The summed E-state index contributed by atoms with van der Waals surface area (Å²) in [6.07, 6.45) is -0.942. The molecule has 1 saturated heterocycles. The lowest BCUT2D eigenvalue weighted by atomic mass is 10.2. The lowest BCUT2D eigenvalue weighted by Gasteiger charge is -2.34. The van der Waals surface area contributed by atoms with Crippen LogP contribution in [0.25, 0.3) is 0 Å². The molecular weight excluding hydrogens is 242 g/mol. The Morgan fingerprint density at radius 1 is 1.11 bits per heavy atom. The fraction of sp³-hybridized carbons (Fsp3) is 0.500. The van der Waals surface area contributed by atoms with Crippen molar-refractivity contribution < 1.29 is 9.90 Å². The summed E-state index contributed by atoms with van der Waals surface area (Å²) < 4.78 is 0. The first-order chi connectivity index (χ1) is 9.24. The average Bonchev–Trinajstić information content (AvgIpc) is 2.42. The molecule has 0 spiro atoms. The predicted octanol–water partition coefficient (Wildman–Crippen LogP) is 1.07. The Labute approximate surface area is 113 Å². The third-order valence-electron chi connectivity index (χ3n) is 3.42. The Morgan fingerprint density at radius 3 is 2.37 bits per heavy atom. The van der Waals surface area contributed by atoms with Gasteiger partial charge < -0.3 is 10.4 Å². The van der Waals surface area contributed by atoms with E-state index in [9.17, 15) is 4.79 Å². The fourth-order valence-electron chi connectivity index (χ4n) is 2.33. The Kier molecular flexibility index (Phi) is 5.18. The van der Waals surface area contributed by atoms with Crippen molar-refractivity contribution in [1.29, 1.82) is 0 Å². The van der Waals surface area contributed by atoms with Gasteiger partial charge in [-0.25, -0.2) is 4.79 Å². The Balaban J connectivity index is 1.66. The SMILES string of the molecule is O=C(O)NCCN1CCN(Cc2ccccc2)CC1. The number of nitrogens with zero attached hydrogens (tertiary/aromatic N) is 2. The molecule has 0 bridgehead atoms. The van der Waals surface area contributed by atoms with Crippen LogP contribution in [0.4, 0.5) is 4.79 Å². The second kappa shape index (κ2) is 7.11. The van der Waals surface area contributed by atoms with Gasteiger partial charge in [-0.15, -0.1) is 0 Å². The molecule has 0 aliphatic carbocycles. The maximum absolute atomic E-state index is 10.4. The van der Waals surface area contributed by atoms with E-state index in [0.29, 0.717) is 6.54 Å². The number of rotatable bonds is 5. The van der Waals surface area contributed by atoms with Crippen molar-refractivity contribution >= 4 is 6.09 Å². The van der Waals surface area contributed by atoms with E-state index >= 15 is 0 Å². The number of hydrogen-bond acceptors (Lipinski definition) is 3. The number of carboxylic acid groups (broad SMARTS) is 1. The predicted molar refractivity (Wildman–Crippen MR) is 74.2 cm³/mol. The highest BCUT2D eigenvalue weighted by molar-refractivity contribution is 5.64. The lowest BCUT2D eigenvalue weighted by molar-refractivity contribution is 0.127. The van der Waals surface area contributed by atoms with Crippen LogP contribution in [0.15, 0.2) is 30.3 Å². The molecule has 0 atom stereocenters. The van der Waals surface area contributed by atoms with E-state index in [0.717, 1.165) is 39.3 Å². The van der Waals surface area contributed by atoms with Gasteiger partial charge in [-0.1, -0.05) is 30.3 Å². The van der Waals surface area contributed by atoms with Gasteiger partial charge in [-0.3, -0.25) is 9.80 Å². The Morgan fingerprint density at radius 2 is 1.74 bits per heavy atom. The van der Waals surface area contributed by atoms with Crippen LogP contribution in [-0.2, 0) is 6.54 Å². The van der Waals surface area contributed by atoms with Crippen LogP contribution < -0.4 is 5.32 Å². The van der Waals surface area contributed by atoms with Crippen molar-refractivity contribution in [3.05, 3.63) is 35.9 Å². The smallest absolute Gasteiger partial charge is 0.404 e. The van der Waals surface area contributed by atoms with E-state index in [4.69, 9.17) is 5.11 Å². The normalized spacial score (nSPS) is 17.3. The summed E-state index contributed by atoms with van der Waals surface area (Å²) in [5, 5.41) is 10.9. The molecule has 19 heavy (non-hydrogen) atoms. The van der Waals surface area contributed by atoms with Crippen molar-refractivity contribution in [2.45, 2.75) is 6.54 Å². The van der Waals surface area contributed by atoms with Gasteiger partial charge in [0, 0.05) is 45.8 Å². The molecule has 5 nitrogen and oxygen atoms in total. The van der Waals surface area contributed by atoms with Crippen LogP contribution in [0.3, 0.4) is 0 Å². The van der Waals surface area contributed by atoms with Crippen molar-refractivity contribution in [2.24, 2.45) is 0 Å². The number of amides is 1. The third kappa shape index (κ3) is 4.89. The van der Waals surface area contributed by atoms with Crippen LogP contribution in [0.1, 0.15) is 5.56 Å². The number of carbonyl (C=O) groups is 1. The van der Waals surface area contributed by atoms with Crippen molar-refractivity contribution in [2.75, 3.05) is 39.3 Å². The number of hydrogen-bond donors (Lipinski definition) is 2. The summed E-state index contributed by atoms with van der Waals surface area (Å²) in [5.74, 6) is 0. The number of benzene rings is 1. The molecule has 1 fully saturated rings. The maximum Gasteiger partial charge on any atom is 0.404 e. The molecule has 1 aliphatic heterocycles. The first-order valence-electron chi connectivity index (χ1n) is 6.69. The highest BCUT2D eigenvalue weighted by Crippen LogP contribution is 2.07. The highest BCUT2D eigenvalue weighted by Gasteiger charge is 2.16. The highest BCUT2D eigenvalue weighted by atomic mass is 16.4. The Bertz CT molecular complexity index is 389. The maximum atomic E-state index is 10.4. The molecule has 1 aliphatic rings. The Hall–Kier alpha value is -1.59. The van der Waals surface area contributed by atoms with E-state index in [-0.39, 0.29) is 0 Å². The minimum atomic E-state index is -0.942. The molecule has 0 aromatic heterocycles. The van der Waals surface area contributed by atoms with Crippen LogP contribution in [0.5, 0.6) is 0 Å². The zero-order valence-corrected chi connectivity index (χ0v) is 11.1. The topological polar surface area (TPSA) is 55.8 Å². The van der Waals surface area contributed by atoms with Gasteiger partial charge in [-0.05, 0) is 5.56 Å². The molecule has 104 valence electrons. The van der Waals surface area contributed by atoms with Gasteiger partial charge in [0.05, 0.1) is 0 Å². The van der Waals surface area contributed by atoms with Crippen molar-refractivity contribution in [1.82, 2.24) is 15.1 Å². The largest absolute Gasteiger partial charge is 0.465 e. The molecule has 1 aromatic rings. The van der Waals surface area contributed by atoms with Gasteiger partial charge in [0.25, 0.3) is 0 Å². The van der Waals surface area contributed by atoms with Gasteiger partial charge in [-0.2, -0.15) is 0 Å². The molecule has 0 radical (unpaired) electrons. The summed E-state index contributed by atoms with van der Waals surface area (Å²) in [4.78, 5) is 15.1. The molecule has 0 saturated carbocycles. The molecule has 1 amide bonds. The molecule has 1 heterocycles. The summed E-state index contributed by atoms with van der Waals surface area (Å²) in [6, 6.07) is 10.5. The van der Waals surface area contributed by atoms with Crippen LogP contribution >= 0.6 is 0 Å². The molecule has 0 unspecified atom stereocenters. The first-order valence-corrected chi connectivity index (χ1v) is 6.69. The summed E-state index contributed by atoms with van der Waals surface area (Å²) in [6.45, 7) is 6.41. The first kappa shape index (κ1) is 13.8. The fourth-order valence-corrected chi connectivity index (χ4v) is 2.33. The molecule has 1 aromatic carbocycles. The summed E-state index contributed by atoms with van der Waals surface area (Å²) in [5.41, 5.74) is 1.35. The van der Waals surface area contributed by atoms with Crippen LogP contribution in [0.2, 0.25) is 0 Å². The van der Waals surface area contributed by atoms with Gasteiger partial charge in [0.2, 0.25) is 0 Å². The molecule has 2 rings (SSSR count). The van der Waals surface area contributed by atoms with E-state index in [1.807, 2.05) is 6.07 Å². The monoisotopic (exact) mass is 263 g/mol. The zero-order chi connectivity index (χ0) is 13.5. The quantitative estimate of drug-likeness (QED) is 0.834. The average molecular weight is 263 g/mol. The summed E-state index contributed by atoms with van der Waals surface area (Å²) >= 11 is 0. The summed E-state index contributed by atoms with van der Waals surface area (Å²) in [7, 11) is 0. The minimum Gasteiger partial charge on any atom is -0.465 e. The molecular formula is C14H21N3O2. The number of piperazine rings is 1. The van der Waals surface area contributed by atoms with Crippen molar-refractivity contribution in [3.8, 4) is 0 Å². The molecule has 5 heteroatoms. The standard InChI is InChI=1S/C14H21N3O2/c18-14(19)15-6-7-16-8-10-17(11-9-16)12-13-4-2-1-3-5-13/h1-5,15H,6-12H2,(H,18,19). The van der Waals surface area contributed by atoms with E-state index in [1.165, 1.54) is 5.56 Å². The van der Waals surface area contributed by atoms with Crippen molar-refractivity contribution in [3.63, 3.8) is 0 Å². The second-order valence-electron chi connectivity index (χ2n) is 4.84. The zero-order valence-electron chi connectivity index (χ0n) is 11.1. The van der Waals surface area contributed by atoms with Gasteiger partial charge in [0.15, 0.2) is 0 Å². The van der Waals surface area contributed by atoms with E-state index in [1.54, 1.807) is 0 Å². The lowest BCUT2D eigenvalue weighted by Crippen LogP contribution is -2.47.